The molecule has 208 valence electrons. The summed E-state index contributed by atoms with van der Waals surface area (Å²) >= 11 is 6.06. The standard InChI is InChI=1S/C28H35ClFN7O2/c1-6-7-8-22(17-9-11-18(12-10-17)25(38)31-16-23-33-35-36-34-23)37-26(39)24(32-28(37,5)27(2,3)4)19-13-14-21(30)20(29)15-19/h9-15,22,35-36H,6-8,16H2,1-5H3,(H,31,38)(H,33,34)/t22-,28+/m1/s1. The second-order valence-corrected chi connectivity index (χ2v) is 11.3. The Bertz CT molecular complexity index is 1310. The van der Waals surface area contributed by atoms with E-state index in [4.69, 9.17) is 16.6 Å². The van der Waals surface area contributed by atoms with Crippen molar-refractivity contribution in [2.24, 2.45) is 15.5 Å². The highest BCUT2D eigenvalue weighted by Gasteiger charge is 2.53. The average Bonchev–Trinajstić information content (AvgIpc) is 3.52. The number of hydrogen-bond donors (Lipinski definition) is 4. The van der Waals surface area contributed by atoms with Crippen molar-refractivity contribution in [3.05, 3.63) is 70.0 Å². The van der Waals surface area contributed by atoms with Gasteiger partial charge >= 0.3 is 0 Å². The van der Waals surface area contributed by atoms with E-state index in [0.717, 1.165) is 24.8 Å². The van der Waals surface area contributed by atoms with Crippen LogP contribution in [0.2, 0.25) is 5.02 Å². The molecule has 0 saturated heterocycles. The molecule has 0 fully saturated rings. The Kier molecular flexibility index (Phi) is 8.27. The number of unbranched alkanes of at least 4 members (excludes halogenated alkanes) is 1. The van der Waals surface area contributed by atoms with Crippen LogP contribution >= 0.6 is 11.6 Å². The van der Waals surface area contributed by atoms with Crippen LogP contribution in [0.15, 0.2) is 52.6 Å². The third kappa shape index (κ3) is 5.77. The van der Waals surface area contributed by atoms with Crippen molar-refractivity contribution in [1.29, 1.82) is 0 Å². The molecular weight excluding hydrogens is 521 g/mol. The zero-order chi connectivity index (χ0) is 28.4. The monoisotopic (exact) mass is 555 g/mol. The summed E-state index contributed by atoms with van der Waals surface area (Å²) in [6.07, 6.45) is 2.57. The van der Waals surface area contributed by atoms with Crippen LogP contribution in [0.3, 0.4) is 0 Å². The number of benzene rings is 2. The van der Waals surface area contributed by atoms with Crippen molar-refractivity contribution in [1.82, 2.24) is 26.7 Å². The van der Waals surface area contributed by atoms with Crippen molar-refractivity contribution >= 4 is 35.0 Å². The molecule has 2 heterocycles. The molecule has 11 heteroatoms. The van der Waals surface area contributed by atoms with E-state index in [-0.39, 0.29) is 35.1 Å². The lowest BCUT2D eigenvalue weighted by molar-refractivity contribution is -0.135. The van der Waals surface area contributed by atoms with Crippen LogP contribution in [0.5, 0.6) is 0 Å². The van der Waals surface area contributed by atoms with Crippen LogP contribution in [0.25, 0.3) is 0 Å². The van der Waals surface area contributed by atoms with Crippen LogP contribution in [0.4, 0.5) is 4.39 Å². The normalized spacial score (nSPS) is 19.8. The molecule has 4 N–H and O–H groups in total. The molecule has 2 aliphatic rings. The molecule has 2 atom stereocenters. The van der Waals surface area contributed by atoms with Crippen molar-refractivity contribution in [2.45, 2.75) is 65.6 Å². The Labute approximate surface area is 233 Å². The van der Waals surface area contributed by atoms with Crippen molar-refractivity contribution in [3.8, 4) is 0 Å². The van der Waals surface area contributed by atoms with Gasteiger partial charge in [-0.3, -0.25) is 20.0 Å². The highest BCUT2D eigenvalue weighted by molar-refractivity contribution is 6.47. The summed E-state index contributed by atoms with van der Waals surface area (Å²) < 4.78 is 13.9. The number of amides is 2. The van der Waals surface area contributed by atoms with Crippen LogP contribution in [0, 0.1) is 11.2 Å². The fraction of sp³-hybridized carbons (Fsp3) is 0.429. The second-order valence-electron chi connectivity index (χ2n) is 10.9. The molecule has 0 aromatic heterocycles. The SMILES string of the molecule is CCCC[C@H](c1ccc(C(=O)NCC2=NNNN2)cc1)N1C(=O)C(c2ccc(F)c(Cl)c2)=N[C@]1(C)C(C)(C)C. The lowest BCUT2D eigenvalue weighted by Crippen LogP contribution is -2.54. The molecule has 4 rings (SSSR count). The van der Waals surface area contributed by atoms with Gasteiger partial charge < -0.3 is 10.2 Å². The quantitative estimate of drug-likeness (QED) is 0.365. The van der Waals surface area contributed by atoms with Crippen LogP contribution < -0.4 is 21.8 Å². The molecule has 2 aliphatic heterocycles. The van der Waals surface area contributed by atoms with Gasteiger partial charge in [0.2, 0.25) is 0 Å². The molecule has 0 radical (unpaired) electrons. The van der Waals surface area contributed by atoms with Gasteiger partial charge in [-0.15, -0.1) is 10.6 Å². The Morgan fingerprint density at radius 3 is 2.51 bits per heavy atom. The van der Waals surface area contributed by atoms with Gasteiger partial charge in [0.05, 0.1) is 17.6 Å². The molecule has 9 nitrogen and oxygen atoms in total. The van der Waals surface area contributed by atoms with Crippen LogP contribution in [0.1, 0.15) is 81.4 Å². The van der Waals surface area contributed by atoms with Gasteiger partial charge in [0.1, 0.15) is 17.2 Å². The number of hydrogen-bond acceptors (Lipinski definition) is 7. The van der Waals surface area contributed by atoms with Crippen molar-refractivity contribution in [2.75, 3.05) is 6.54 Å². The highest BCUT2D eigenvalue weighted by atomic mass is 35.5. The van der Waals surface area contributed by atoms with Crippen molar-refractivity contribution < 1.29 is 14.0 Å². The Hall–Kier alpha value is -3.50. The van der Waals surface area contributed by atoms with Crippen molar-refractivity contribution in [3.63, 3.8) is 0 Å². The minimum absolute atomic E-state index is 0.0568. The molecule has 2 aromatic carbocycles. The van der Waals surface area contributed by atoms with Gasteiger partial charge in [-0.05, 0) is 49.2 Å². The zero-order valence-corrected chi connectivity index (χ0v) is 23.6. The van der Waals surface area contributed by atoms with Gasteiger partial charge in [0, 0.05) is 16.5 Å². The molecule has 0 spiro atoms. The summed E-state index contributed by atoms with van der Waals surface area (Å²) in [6.45, 7) is 10.5. The van der Waals surface area contributed by atoms with E-state index in [9.17, 15) is 14.0 Å². The number of hydrazine groups is 2. The lowest BCUT2D eigenvalue weighted by Gasteiger charge is -2.47. The summed E-state index contributed by atoms with van der Waals surface area (Å²) in [7, 11) is 0. The number of aliphatic imine (C=N–C) groups is 1. The first-order chi connectivity index (χ1) is 18.5. The minimum Gasteiger partial charge on any atom is -0.345 e. The average molecular weight is 556 g/mol. The summed E-state index contributed by atoms with van der Waals surface area (Å²) in [5.41, 5.74) is 8.80. The summed E-state index contributed by atoms with van der Waals surface area (Å²) in [5.74, 6) is -0.455. The first-order valence-electron chi connectivity index (χ1n) is 13.1. The molecule has 0 bridgehead atoms. The first kappa shape index (κ1) is 28.5. The third-order valence-electron chi connectivity index (χ3n) is 7.40. The van der Waals surface area contributed by atoms with Gasteiger partial charge in [-0.2, -0.15) is 0 Å². The topological polar surface area (TPSA) is 110 Å². The van der Waals surface area contributed by atoms with E-state index in [1.807, 2.05) is 24.0 Å². The van der Waals surface area contributed by atoms with E-state index >= 15 is 0 Å². The van der Waals surface area contributed by atoms with Gasteiger partial charge in [-0.1, -0.05) is 64.3 Å². The van der Waals surface area contributed by atoms with E-state index < -0.39 is 16.9 Å². The number of halogens is 2. The molecule has 0 unspecified atom stereocenters. The fourth-order valence-corrected chi connectivity index (χ4v) is 4.89. The molecular formula is C28H35ClFN7O2. The Morgan fingerprint density at radius 2 is 1.92 bits per heavy atom. The summed E-state index contributed by atoms with van der Waals surface area (Å²) in [4.78, 5) is 33.6. The van der Waals surface area contributed by atoms with Gasteiger partial charge in [-0.25, -0.2) is 9.93 Å². The van der Waals surface area contributed by atoms with Crippen LogP contribution in [-0.2, 0) is 4.79 Å². The van der Waals surface area contributed by atoms with Gasteiger partial charge in [0.15, 0.2) is 5.84 Å². The molecule has 2 amide bonds. The summed E-state index contributed by atoms with van der Waals surface area (Å²) in [6, 6.07) is 11.3. The number of amidine groups is 1. The third-order valence-corrected chi connectivity index (χ3v) is 7.69. The minimum atomic E-state index is -0.883. The molecule has 0 saturated carbocycles. The van der Waals surface area contributed by atoms with E-state index in [2.05, 4.69) is 54.6 Å². The summed E-state index contributed by atoms with van der Waals surface area (Å²) in [5, 5.41) is 6.71. The number of nitrogens with zero attached hydrogens (tertiary/aromatic N) is 3. The number of carbonyl (C=O) groups excluding carboxylic acids is 2. The molecule has 0 aliphatic carbocycles. The maximum Gasteiger partial charge on any atom is 0.275 e. The number of hydrazone groups is 1. The predicted octanol–water partition coefficient (Wildman–Crippen LogP) is 4.46. The predicted molar refractivity (Wildman–Crippen MR) is 151 cm³/mol. The Morgan fingerprint density at radius 1 is 1.21 bits per heavy atom. The first-order valence-corrected chi connectivity index (χ1v) is 13.4. The van der Waals surface area contributed by atoms with E-state index in [0.29, 0.717) is 17.0 Å². The van der Waals surface area contributed by atoms with E-state index in [1.54, 1.807) is 12.1 Å². The fourth-order valence-electron chi connectivity index (χ4n) is 4.71. The van der Waals surface area contributed by atoms with Gasteiger partial charge in [0.25, 0.3) is 11.8 Å². The highest BCUT2D eigenvalue weighted by Crippen LogP contribution is 2.47. The largest absolute Gasteiger partial charge is 0.345 e. The number of rotatable bonds is 9. The smallest absolute Gasteiger partial charge is 0.275 e. The van der Waals surface area contributed by atoms with E-state index in [1.165, 1.54) is 18.2 Å². The second kappa shape index (κ2) is 11.3. The Balaban J connectivity index is 1.66. The molecule has 2 aromatic rings. The lowest BCUT2D eigenvalue weighted by atomic mass is 9.79. The zero-order valence-electron chi connectivity index (χ0n) is 22.9. The maximum absolute atomic E-state index is 14.1. The van der Waals surface area contributed by atoms with Crippen LogP contribution in [-0.4, -0.2) is 40.5 Å². The number of carbonyl (C=O) groups is 2. The molecule has 39 heavy (non-hydrogen) atoms. The maximum atomic E-state index is 14.1. The number of nitrogens with one attached hydrogen (secondary N) is 4.